The van der Waals surface area contributed by atoms with Crippen LogP contribution in [0.5, 0.6) is 5.75 Å². The van der Waals surface area contributed by atoms with E-state index in [2.05, 4.69) is 5.32 Å². The molecule has 160 valence electrons. The molecule has 3 rings (SSSR count). The van der Waals surface area contributed by atoms with Crippen LogP contribution in [0, 0.1) is 0 Å². The first-order valence-electron chi connectivity index (χ1n) is 9.26. The van der Waals surface area contributed by atoms with Crippen molar-refractivity contribution in [3.8, 4) is 5.75 Å². The van der Waals surface area contributed by atoms with Crippen molar-refractivity contribution < 1.29 is 32.2 Å². The van der Waals surface area contributed by atoms with Crippen molar-refractivity contribution in [1.29, 1.82) is 0 Å². The van der Waals surface area contributed by atoms with Crippen LogP contribution in [-0.4, -0.2) is 38.7 Å². The maximum absolute atomic E-state index is 13.1. The first kappa shape index (κ1) is 21.6. The predicted octanol–water partition coefficient (Wildman–Crippen LogP) is 3.89. The summed E-state index contributed by atoms with van der Waals surface area (Å²) in [5, 5.41) is 2.51. The Hall–Kier alpha value is -3.07. The molecule has 1 heterocycles. The van der Waals surface area contributed by atoms with Crippen LogP contribution in [0.1, 0.15) is 28.4 Å². The molecule has 1 aliphatic rings. The minimum absolute atomic E-state index is 0.0863. The number of amides is 2. The zero-order valence-corrected chi connectivity index (χ0v) is 16.5. The summed E-state index contributed by atoms with van der Waals surface area (Å²) in [6.07, 6.45) is -3.96. The van der Waals surface area contributed by atoms with Gasteiger partial charge in [-0.1, -0.05) is 0 Å². The van der Waals surface area contributed by atoms with E-state index < -0.39 is 17.6 Å². The molecule has 0 saturated carbocycles. The third-order valence-electron chi connectivity index (χ3n) is 4.72. The fraction of sp³-hybridized carbons (Fsp3) is 0.333. The number of ether oxygens (including phenoxy) is 2. The Morgan fingerprint density at radius 3 is 2.57 bits per heavy atom. The van der Waals surface area contributed by atoms with Gasteiger partial charge in [0.2, 0.25) is 5.91 Å². The summed E-state index contributed by atoms with van der Waals surface area (Å²) in [5.41, 5.74) is 0.860. The molecule has 30 heavy (non-hydrogen) atoms. The molecule has 0 saturated heterocycles. The molecule has 2 aromatic rings. The van der Waals surface area contributed by atoms with Gasteiger partial charge in [-0.05, 0) is 48.4 Å². The van der Waals surface area contributed by atoms with Crippen molar-refractivity contribution in [1.82, 2.24) is 0 Å². The lowest BCUT2D eigenvalue weighted by Crippen LogP contribution is -2.25. The molecule has 0 aromatic heterocycles. The summed E-state index contributed by atoms with van der Waals surface area (Å²) in [7, 11) is 1.47. The third-order valence-corrected chi connectivity index (χ3v) is 4.72. The zero-order chi connectivity index (χ0) is 21.9. The van der Waals surface area contributed by atoms with E-state index in [1.165, 1.54) is 26.2 Å². The summed E-state index contributed by atoms with van der Waals surface area (Å²) in [6, 6.07) is 7.75. The number of hydrogen-bond acceptors (Lipinski definition) is 4. The van der Waals surface area contributed by atoms with Crippen LogP contribution in [0.4, 0.5) is 24.5 Å². The first-order chi connectivity index (χ1) is 14.2. The number of fused-ring (bicyclic) bond motifs is 1. The normalized spacial score (nSPS) is 13.2. The number of halogens is 3. The van der Waals surface area contributed by atoms with Gasteiger partial charge in [0, 0.05) is 31.8 Å². The Morgan fingerprint density at radius 1 is 1.13 bits per heavy atom. The molecule has 0 spiro atoms. The van der Waals surface area contributed by atoms with E-state index in [9.17, 15) is 22.8 Å². The minimum atomic E-state index is -4.56. The summed E-state index contributed by atoms with van der Waals surface area (Å²) in [4.78, 5) is 26.0. The molecule has 0 atom stereocenters. The van der Waals surface area contributed by atoms with Gasteiger partial charge in [-0.25, -0.2) is 0 Å². The molecule has 0 fully saturated rings. The number of alkyl halides is 3. The average Bonchev–Trinajstić information content (AvgIpc) is 3.12. The zero-order valence-electron chi connectivity index (χ0n) is 16.5. The standard InChI is InChI=1S/C21H21F3N2O4/c1-13(27)26-8-7-14-11-15(3-5-18(14)26)20(28)25-17-12-16(21(22,23)24)4-6-19(17)30-10-9-29-2/h3-6,11-12H,7-10H2,1-2H3,(H,25,28). The number of nitrogens with zero attached hydrogens (tertiary/aromatic N) is 1. The molecular formula is C21H21F3N2O4. The average molecular weight is 422 g/mol. The molecular weight excluding hydrogens is 401 g/mol. The molecule has 1 aliphatic heterocycles. The third kappa shape index (κ3) is 4.73. The molecule has 0 unspecified atom stereocenters. The number of nitrogens with one attached hydrogen (secondary N) is 1. The van der Waals surface area contributed by atoms with Crippen LogP contribution in [0.25, 0.3) is 0 Å². The monoisotopic (exact) mass is 422 g/mol. The van der Waals surface area contributed by atoms with Crippen molar-refractivity contribution >= 4 is 23.2 Å². The largest absolute Gasteiger partial charge is 0.489 e. The van der Waals surface area contributed by atoms with Crippen molar-refractivity contribution in [3.05, 3.63) is 53.1 Å². The number of carbonyl (C=O) groups is 2. The van der Waals surface area contributed by atoms with Crippen LogP contribution in [0.3, 0.4) is 0 Å². The highest BCUT2D eigenvalue weighted by atomic mass is 19.4. The molecule has 2 aromatic carbocycles. The second-order valence-electron chi connectivity index (χ2n) is 6.77. The summed E-state index contributed by atoms with van der Waals surface area (Å²) < 4.78 is 49.7. The summed E-state index contributed by atoms with van der Waals surface area (Å²) >= 11 is 0. The lowest BCUT2D eigenvalue weighted by atomic mass is 10.1. The van der Waals surface area contributed by atoms with Crippen LogP contribution < -0.4 is 15.0 Å². The molecule has 2 amide bonds. The number of methoxy groups -OCH3 is 1. The second-order valence-corrected chi connectivity index (χ2v) is 6.77. The lowest BCUT2D eigenvalue weighted by Gasteiger charge is -2.16. The van der Waals surface area contributed by atoms with E-state index in [4.69, 9.17) is 9.47 Å². The number of benzene rings is 2. The highest BCUT2D eigenvalue weighted by Gasteiger charge is 2.31. The molecule has 0 radical (unpaired) electrons. The van der Waals surface area contributed by atoms with E-state index in [0.717, 1.165) is 23.4 Å². The topological polar surface area (TPSA) is 67.9 Å². The van der Waals surface area contributed by atoms with Gasteiger partial charge in [-0.2, -0.15) is 13.2 Å². The van der Waals surface area contributed by atoms with Crippen molar-refractivity contribution in [2.45, 2.75) is 19.5 Å². The van der Waals surface area contributed by atoms with Gasteiger partial charge in [0.1, 0.15) is 12.4 Å². The number of rotatable bonds is 6. The van der Waals surface area contributed by atoms with Gasteiger partial charge in [-0.15, -0.1) is 0 Å². The number of carbonyl (C=O) groups excluding carboxylic acids is 2. The van der Waals surface area contributed by atoms with Gasteiger partial charge in [0.25, 0.3) is 5.91 Å². The van der Waals surface area contributed by atoms with Crippen LogP contribution in [0.2, 0.25) is 0 Å². The smallest absolute Gasteiger partial charge is 0.416 e. The van der Waals surface area contributed by atoms with Crippen LogP contribution >= 0.6 is 0 Å². The highest BCUT2D eigenvalue weighted by Crippen LogP contribution is 2.35. The Bertz CT molecular complexity index is 960. The van der Waals surface area contributed by atoms with Gasteiger partial charge < -0.3 is 19.7 Å². The summed E-state index contributed by atoms with van der Waals surface area (Å²) in [5.74, 6) is -0.555. The quantitative estimate of drug-likeness (QED) is 0.718. The Morgan fingerprint density at radius 2 is 1.90 bits per heavy atom. The van der Waals surface area contributed by atoms with Gasteiger partial charge >= 0.3 is 6.18 Å². The van der Waals surface area contributed by atoms with Gasteiger partial charge in [0.15, 0.2) is 0 Å². The first-order valence-corrected chi connectivity index (χ1v) is 9.26. The predicted molar refractivity (Wildman–Crippen MR) is 105 cm³/mol. The van der Waals surface area contributed by atoms with E-state index in [1.807, 2.05) is 0 Å². The van der Waals surface area contributed by atoms with Gasteiger partial charge in [0.05, 0.1) is 17.9 Å². The SMILES string of the molecule is COCCOc1ccc(C(F)(F)F)cc1NC(=O)c1ccc2c(c1)CCN2C(C)=O. The van der Waals surface area contributed by atoms with Crippen LogP contribution in [-0.2, 0) is 22.1 Å². The number of hydrogen-bond donors (Lipinski definition) is 1. The van der Waals surface area contributed by atoms with E-state index >= 15 is 0 Å². The minimum Gasteiger partial charge on any atom is -0.489 e. The van der Waals surface area contributed by atoms with Crippen LogP contribution in [0.15, 0.2) is 36.4 Å². The summed E-state index contributed by atoms with van der Waals surface area (Å²) in [6.45, 7) is 2.35. The van der Waals surface area contributed by atoms with Crippen molar-refractivity contribution in [2.24, 2.45) is 0 Å². The van der Waals surface area contributed by atoms with Crippen molar-refractivity contribution in [2.75, 3.05) is 37.1 Å². The van der Waals surface area contributed by atoms with Crippen molar-refractivity contribution in [3.63, 3.8) is 0 Å². The lowest BCUT2D eigenvalue weighted by molar-refractivity contribution is -0.137. The second kappa shape index (κ2) is 8.74. The van der Waals surface area contributed by atoms with Gasteiger partial charge in [-0.3, -0.25) is 9.59 Å². The Balaban J connectivity index is 1.85. The molecule has 6 nitrogen and oxygen atoms in total. The Kier molecular flexibility index (Phi) is 6.31. The van der Waals surface area contributed by atoms with E-state index in [0.29, 0.717) is 13.0 Å². The van der Waals surface area contributed by atoms with E-state index in [-0.39, 0.29) is 36.1 Å². The fourth-order valence-electron chi connectivity index (χ4n) is 3.23. The van der Waals surface area contributed by atoms with E-state index in [1.54, 1.807) is 17.0 Å². The molecule has 0 aliphatic carbocycles. The maximum Gasteiger partial charge on any atom is 0.416 e. The Labute approximate surface area is 171 Å². The molecule has 0 bridgehead atoms. The molecule has 1 N–H and O–H groups in total. The highest BCUT2D eigenvalue weighted by molar-refractivity contribution is 6.06. The number of anilines is 2. The fourth-order valence-corrected chi connectivity index (χ4v) is 3.23. The molecule has 9 heteroatoms. The maximum atomic E-state index is 13.1.